The van der Waals surface area contributed by atoms with E-state index in [0.717, 1.165) is 30.5 Å². The smallest absolute Gasteiger partial charge is 0.352 e. The van der Waals surface area contributed by atoms with Crippen molar-refractivity contribution in [2.45, 2.75) is 40.7 Å². The van der Waals surface area contributed by atoms with Crippen LogP contribution in [0.5, 0.6) is 0 Å². The van der Waals surface area contributed by atoms with Crippen molar-refractivity contribution in [1.29, 1.82) is 0 Å². The average Bonchev–Trinajstić information content (AvgIpc) is 3.39. The van der Waals surface area contributed by atoms with Crippen molar-refractivity contribution >= 4 is 82.1 Å². The van der Waals surface area contributed by atoms with Gasteiger partial charge in [-0.05, 0) is 43.0 Å². The average molecular weight is 625 g/mol. The molecular weight excluding hydrogens is 601 g/mol. The number of β-lactam (4-membered cyclic amide) rings is 1. The number of amides is 2. The highest BCUT2D eigenvalue weighted by Crippen LogP contribution is 2.41. The van der Waals surface area contributed by atoms with Crippen molar-refractivity contribution in [2.75, 3.05) is 23.0 Å². The normalized spacial score (nSPS) is 20.2. The second-order valence-corrected chi connectivity index (χ2v) is 12.8. The minimum atomic E-state index is -1.19. The van der Waals surface area contributed by atoms with Gasteiger partial charge in [-0.2, -0.15) is 0 Å². The van der Waals surface area contributed by atoms with Crippen molar-refractivity contribution in [3.63, 3.8) is 0 Å². The Labute approximate surface area is 247 Å². The van der Waals surface area contributed by atoms with E-state index in [1.807, 2.05) is 6.08 Å². The van der Waals surface area contributed by atoms with Gasteiger partial charge in [0, 0.05) is 27.0 Å². The van der Waals surface area contributed by atoms with E-state index in [2.05, 4.69) is 15.3 Å². The fourth-order valence-electron chi connectivity index (χ4n) is 4.53. The summed E-state index contributed by atoms with van der Waals surface area (Å²) in [4.78, 5) is 48.4. The van der Waals surface area contributed by atoms with E-state index < -0.39 is 23.3 Å². The summed E-state index contributed by atoms with van der Waals surface area (Å²) >= 11 is 16.2. The number of aliphatic carboxylic acids is 1. The van der Waals surface area contributed by atoms with Gasteiger partial charge in [-0.3, -0.25) is 14.5 Å². The van der Waals surface area contributed by atoms with Gasteiger partial charge in [-0.25, -0.2) is 14.8 Å². The third-order valence-corrected chi connectivity index (χ3v) is 10.2. The number of thioether (sulfide) groups is 3. The van der Waals surface area contributed by atoms with Crippen molar-refractivity contribution in [3.8, 4) is 0 Å². The molecular formula is C25H23Cl2N5O4S3. The van der Waals surface area contributed by atoms with Gasteiger partial charge >= 0.3 is 5.97 Å². The van der Waals surface area contributed by atoms with Gasteiger partial charge in [0.2, 0.25) is 5.91 Å². The van der Waals surface area contributed by atoms with Gasteiger partial charge in [0.15, 0.2) is 5.16 Å². The van der Waals surface area contributed by atoms with Crippen LogP contribution in [0.4, 0.5) is 5.82 Å². The molecule has 0 bridgehead atoms. The van der Waals surface area contributed by atoms with Gasteiger partial charge in [0.25, 0.3) is 5.91 Å². The van der Waals surface area contributed by atoms with Gasteiger partial charge in [0.05, 0.1) is 16.5 Å². The first-order valence-corrected chi connectivity index (χ1v) is 15.7. The topological polar surface area (TPSA) is 139 Å². The maximum Gasteiger partial charge on any atom is 0.352 e. The van der Waals surface area contributed by atoms with Crippen LogP contribution in [0, 0.1) is 0 Å². The van der Waals surface area contributed by atoms with E-state index in [9.17, 15) is 19.5 Å². The molecule has 2 aliphatic heterocycles. The maximum atomic E-state index is 12.9. The molecule has 1 aromatic carbocycles. The minimum Gasteiger partial charge on any atom is -0.477 e. The van der Waals surface area contributed by atoms with Crippen LogP contribution in [0.3, 0.4) is 0 Å². The lowest BCUT2D eigenvalue weighted by molar-refractivity contribution is -0.150. The summed E-state index contributed by atoms with van der Waals surface area (Å²) < 4.78 is 0. The molecule has 14 heteroatoms. The summed E-state index contributed by atoms with van der Waals surface area (Å²) in [6, 6.07) is 4.18. The number of hydrogen-bond acceptors (Lipinski definition) is 9. The molecule has 2 atom stereocenters. The molecule has 4 N–H and O–H groups in total. The first-order chi connectivity index (χ1) is 18.7. The molecule has 1 aromatic heterocycles. The molecule has 1 fully saturated rings. The zero-order chi connectivity index (χ0) is 27.7. The number of nitrogens with one attached hydrogen (secondary N) is 1. The Balaban J connectivity index is 1.19. The second-order valence-electron chi connectivity index (χ2n) is 8.88. The summed E-state index contributed by atoms with van der Waals surface area (Å²) in [7, 11) is 0. The van der Waals surface area contributed by atoms with E-state index in [1.165, 1.54) is 40.2 Å². The summed E-state index contributed by atoms with van der Waals surface area (Å²) in [5.41, 5.74) is 8.57. The Kier molecular flexibility index (Phi) is 8.67. The molecule has 9 nitrogen and oxygen atoms in total. The van der Waals surface area contributed by atoms with Crippen LogP contribution in [0.15, 0.2) is 51.7 Å². The van der Waals surface area contributed by atoms with Gasteiger partial charge in [0.1, 0.15) is 22.9 Å². The molecule has 2 aromatic rings. The first kappa shape index (κ1) is 28.2. The molecule has 39 heavy (non-hydrogen) atoms. The minimum absolute atomic E-state index is 0.0358. The monoisotopic (exact) mass is 623 g/mol. The number of aromatic nitrogens is 2. The SMILES string of the molecule is Nc1nc(SC/C=C/C2=C(C(=O)O)N3C(=O)[C@@H](NC(=O)CSc4cc(Cl)ccc4Cl)[C@H]3SC2)nc2c1CCC2. The molecule has 3 heterocycles. The molecule has 0 unspecified atom stereocenters. The number of halogens is 2. The lowest BCUT2D eigenvalue weighted by Crippen LogP contribution is -2.70. The Morgan fingerprint density at radius 3 is 2.87 bits per heavy atom. The van der Waals surface area contributed by atoms with Crippen LogP contribution in [-0.4, -0.2) is 66.4 Å². The Morgan fingerprint density at radius 1 is 1.26 bits per heavy atom. The number of fused-ring (bicyclic) bond motifs is 2. The Hall–Kier alpha value is -2.38. The molecule has 5 rings (SSSR count). The Bertz CT molecular complexity index is 1420. The number of hydrogen-bond donors (Lipinski definition) is 3. The quantitative estimate of drug-likeness (QED) is 0.213. The fourth-order valence-corrected chi connectivity index (χ4v) is 7.83. The molecule has 3 aliphatic rings. The standard InChI is InChI=1S/C25H23Cl2N5O4S3/c26-13-6-7-15(27)17(9-13)38-11-18(33)30-19-22(34)32-20(24(35)36)12(10-39-23(19)32)3-2-8-37-25-29-16-5-1-4-14(16)21(28)31-25/h2-3,6-7,9,19,23H,1,4-5,8,10-11H2,(H,30,33)(H,35,36)(H2,28,29,31)/b3-2+/t19-,23-/m1/s1. The second kappa shape index (κ2) is 12.0. The first-order valence-electron chi connectivity index (χ1n) is 12.0. The number of nitrogens with two attached hydrogens (primary N) is 1. The van der Waals surface area contributed by atoms with Crippen LogP contribution >= 0.6 is 58.5 Å². The van der Waals surface area contributed by atoms with Crippen molar-refractivity contribution in [1.82, 2.24) is 20.2 Å². The highest BCUT2D eigenvalue weighted by Gasteiger charge is 2.53. The van der Waals surface area contributed by atoms with Crippen LogP contribution in [0.1, 0.15) is 17.7 Å². The molecule has 1 aliphatic carbocycles. The number of carbonyl (C=O) groups excluding carboxylic acids is 2. The van der Waals surface area contributed by atoms with Gasteiger partial charge in [-0.1, -0.05) is 47.1 Å². The van der Waals surface area contributed by atoms with Crippen LogP contribution in [-0.2, 0) is 27.2 Å². The third kappa shape index (κ3) is 6.04. The largest absolute Gasteiger partial charge is 0.477 e. The van der Waals surface area contributed by atoms with E-state index in [0.29, 0.717) is 43.0 Å². The third-order valence-electron chi connectivity index (χ3n) is 6.34. The van der Waals surface area contributed by atoms with Crippen molar-refractivity contribution in [3.05, 3.63) is 62.9 Å². The number of carboxylic acid groups (broad SMARTS) is 1. The number of rotatable bonds is 9. The number of nitrogens with zero attached hydrogens (tertiary/aromatic N) is 3. The summed E-state index contributed by atoms with van der Waals surface area (Å²) in [5.74, 6) is -0.527. The molecule has 0 spiro atoms. The zero-order valence-electron chi connectivity index (χ0n) is 20.4. The van der Waals surface area contributed by atoms with E-state index in [-0.39, 0.29) is 17.4 Å². The number of allylic oxidation sites excluding steroid dienone is 1. The molecule has 2 amide bonds. The number of aryl methyl sites for hydroxylation is 1. The highest BCUT2D eigenvalue weighted by atomic mass is 35.5. The maximum absolute atomic E-state index is 12.9. The summed E-state index contributed by atoms with van der Waals surface area (Å²) in [5, 5.41) is 13.7. The molecule has 1 saturated heterocycles. The lowest BCUT2D eigenvalue weighted by atomic mass is 10.0. The highest BCUT2D eigenvalue weighted by molar-refractivity contribution is 8.00. The van der Waals surface area contributed by atoms with Crippen molar-refractivity contribution in [2.24, 2.45) is 0 Å². The number of nitrogen functional groups attached to an aromatic ring is 1. The number of carboxylic acids is 1. The number of carbonyl (C=O) groups is 3. The van der Waals surface area contributed by atoms with E-state index in [1.54, 1.807) is 24.3 Å². The number of benzene rings is 1. The molecule has 0 saturated carbocycles. The van der Waals surface area contributed by atoms with E-state index >= 15 is 0 Å². The van der Waals surface area contributed by atoms with Crippen LogP contribution < -0.4 is 11.1 Å². The number of anilines is 1. The summed E-state index contributed by atoms with van der Waals surface area (Å²) in [6.07, 6.45) is 6.40. The van der Waals surface area contributed by atoms with Crippen LogP contribution in [0.25, 0.3) is 0 Å². The molecule has 0 radical (unpaired) electrons. The summed E-state index contributed by atoms with van der Waals surface area (Å²) in [6.45, 7) is 0. The predicted molar refractivity (Wildman–Crippen MR) is 155 cm³/mol. The predicted octanol–water partition coefficient (Wildman–Crippen LogP) is 4.03. The zero-order valence-corrected chi connectivity index (χ0v) is 24.3. The fraction of sp³-hybridized carbons (Fsp3) is 0.320. The van der Waals surface area contributed by atoms with Gasteiger partial charge < -0.3 is 16.2 Å². The van der Waals surface area contributed by atoms with Crippen LogP contribution in [0.2, 0.25) is 10.0 Å². The van der Waals surface area contributed by atoms with Crippen molar-refractivity contribution < 1.29 is 19.5 Å². The molecule has 204 valence electrons. The van der Waals surface area contributed by atoms with E-state index in [4.69, 9.17) is 28.9 Å². The lowest BCUT2D eigenvalue weighted by Gasteiger charge is -2.49. The Morgan fingerprint density at radius 2 is 2.08 bits per heavy atom. The van der Waals surface area contributed by atoms with Gasteiger partial charge in [-0.15, -0.1) is 23.5 Å².